The van der Waals surface area contributed by atoms with Crippen molar-refractivity contribution in [3.05, 3.63) is 34.6 Å². The summed E-state index contributed by atoms with van der Waals surface area (Å²) in [5.74, 6) is -8.61. The van der Waals surface area contributed by atoms with E-state index in [1.54, 1.807) is 0 Å². The minimum Gasteiger partial charge on any atom is -0.319 e. The van der Waals surface area contributed by atoms with Crippen molar-refractivity contribution >= 4 is 12.4 Å². The zero-order valence-corrected chi connectivity index (χ0v) is 12.1. The van der Waals surface area contributed by atoms with Gasteiger partial charge in [-0.05, 0) is 12.1 Å². The molecule has 0 amide bonds. The van der Waals surface area contributed by atoms with Crippen molar-refractivity contribution in [3.63, 3.8) is 0 Å². The van der Waals surface area contributed by atoms with Crippen molar-refractivity contribution in [2.24, 2.45) is 5.73 Å². The van der Waals surface area contributed by atoms with E-state index in [1.807, 2.05) is 0 Å². The van der Waals surface area contributed by atoms with Crippen molar-refractivity contribution in [3.8, 4) is 0 Å². The van der Waals surface area contributed by atoms with Crippen molar-refractivity contribution in [1.29, 1.82) is 0 Å². The molecule has 0 spiro atoms. The SMILES string of the molecule is Cl.N[C@@H](c1c(F)cc(C(F)(F)F)cc1C(F)(F)F)C(F)(F)C(F)(F)F. The molecule has 1 nitrogen and oxygen atoms in total. The molecule has 0 heterocycles. The van der Waals surface area contributed by atoms with Crippen molar-refractivity contribution in [2.75, 3.05) is 0 Å². The largest absolute Gasteiger partial charge is 0.455 e. The number of rotatable bonds is 2. The summed E-state index contributed by atoms with van der Waals surface area (Å²) in [7, 11) is 0. The minimum atomic E-state index is -6.45. The monoisotopic (exact) mass is 415 g/mol. The fourth-order valence-electron chi connectivity index (χ4n) is 1.69. The van der Waals surface area contributed by atoms with Crippen LogP contribution in [0.5, 0.6) is 0 Å². The molecular weight excluding hydrogens is 410 g/mol. The standard InChI is InChI=1S/C11H5F12N.ClH/c12-5-2-3(9(15,16)17)1-4(10(18,19)20)6(5)7(24)8(13,14)11(21,22)23;/h1-2,7H,24H2;1H/t7-;/m0./s1. The Bertz CT molecular complexity index is 615. The van der Waals surface area contributed by atoms with Gasteiger partial charge in [-0.3, -0.25) is 0 Å². The van der Waals surface area contributed by atoms with Gasteiger partial charge < -0.3 is 5.73 Å². The molecule has 25 heavy (non-hydrogen) atoms. The van der Waals surface area contributed by atoms with Gasteiger partial charge in [0.05, 0.1) is 11.1 Å². The zero-order chi connectivity index (χ0) is 19.3. The Labute approximate surface area is 137 Å². The fourth-order valence-corrected chi connectivity index (χ4v) is 1.69. The van der Waals surface area contributed by atoms with Gasteiger partial charge in [0, 0.05) is 5.56 Å². The Morgan fingerprint density at radius 2 is 1.20 bits per heavy atom. The highest BCUT2D eigenvalue weighted by atomic mass is 35.5. The van der Waals surface area contributed by atoms with Crippen LogP contribution in [0.2, 0.25) is 0 Å². The lowest BCUT2D eigenvalue weighted by atomic mass is 9.93. The van der Waals surface area contributed by atoms with Crippen LogP contribution in [0.25, 0.3) is 0 Å². The van der Waals surface area contributed by atoms with E-state index in [2.05, 4.69) is 5.73 Å². The number of halogens is 13. The lowest BCUT2D eigenvalue weighted by Crippen LogP contribution is -2.46. The molecule has 0 aliphatic rings. The molecule has 0 bridgehead atoms. The van der Waals surface area contributed by atoms with Gasteiger partial charge in [0.1, 0.15) is 11.9 Å². The summed E-state index contributed by atoms with van der Waals surface area (Å²) in [5, 5.41) is 0. The number of nitrogens with two attached hydrogens (primary N) is 1. The first-order valence-electron chi connectivity index (χ1n) is 5.58. The second-order valence-electron chi connectivity index (χ2n) is 4.51. The number of alkyl halides is 11. The molecule has 0 unspecified atom stereocenters. The van der Waals surface area contributed by atoms with Crippen LogP contribution in [0.3, 0.4) is 0 Å². The third kappa shape index (κ3) is 4.63. The van der Waals surface area contributed by atoms with E-state index < -0.39 is 65.1 Å². The molecule has 146 valence electrons. The Morgan fingerprint density at radius 3 is 1.52 bits per heavy atom. The van der Waals surface area contributed by atoms with Gasteiger partial charge in [-0.1, -0.05) is 0 Å². The highest BCUT2D eigenvalue weighted by molar-refractivity contribution is 5.85. The fraction of sp³-hybridized carbons (Fsp3) is 0.455. The van der Waals surface area contributed by atoms with E-state index in [0.29, 0.717) is 0 Å². The smallest absolute Gasteiger partial charge is 0.319 e. The summed E-state index contributed by atoms with van der Waals surface area (Å²) < 4.78 is 152. The molecule has 0 aliphatic heterocycles. The Morgan fingerprint density at radius 1 is 0.760 bits per heavy atom. The first-order chi connectivity index (χ1) is 10.4. The Hall–Kier alpha value is -1.37. The molecule has 0 fully saturated rings. The molecule has 0 saturated heterocycles. The van der Waals surface area contributed by atoms with Gasteiger partial charge in [0.25, 0.3) is 0 Å². The van der Waals surface area contributed by atoms with E-state index in [1.165, 1.54) is 0 Å². The molecule has 0 aliphatic carbocycles. The zero-order valence-electron chi connectivity index (χ0n) is 11.3. The molecule has 1 aromatic carbocycles. The van der Waals surface area contributed by atoms with Crippen LogP contribution in [0.15, 0.2) is 12.1 Å². The molecule has 1 aromatic rings. The third-order valence-corrected chi connectivity index (χ3v) is 2.84. The van der Waals surface area contributed by atoms with Crippen LogP contribution < -0.4 is 5.73 Å². The van der Waals surface area contributed by atoms with Gasteiger partial charge in [-0.2, -0.15) is 48.3 Å². The van der Waals surface area contributed by atoms with Gasteiger partial charge in [-0.25, -0.2) is 4.39 Å². The maximum absolute atomic E-state index is 13.6. The predicted octanol–water partition coefficient (Wildman–Crippen LogP) is 5.48. The van der Waals surface area contributed by atoms with Crippen LogP contribution >= 0.6 is 12.4 Å². The molecule has 1 atom stereocenters. The topological polar surface area (TPSA) is 26.0 Å². The summed E-state index contributed by atoms with van der Waals surface area (Å²) in [5.41, 5.74) is -2.89. The van der Waals surface area contributed by atoms with Crippen molar-refractivity contribution in [1.82, 2.24) is 0 Å². The van der Waals surface area contributed by atoms with Crippen molar-refractivity contribution in [2.45, 2.75) is 30.5 Å². The molecular formula is C11H6ClF12N. The van der Waals surface area contributed by atoms with E-state index >= 15 is 0 Å². The highest BCUT2D eigenvalue weighted by Crippen LogP contribution is 2.48. The van der Waals surface area contributed by atoms with E-state index in [4.69, 9.17) is 0 Å². The van der Waals surface area contributed by atoms with Crippen LogP contribution in [0.4, 0.5) is 52.7 Å². The van der Waals surface area contributed by atoms with E-state index in [9.17, 15) is 52.7 Å². The predicted molar refractivity (Wildman–Crippen MR) is 61.6 cm³/mol. The number of benzene rings is 1. The van der Waals surface area contributed by atoms with Crippen LogP contribution in [-0.2, 0) is 12.4 Å². The molecule has 14 heteroatoms. The maximum atomic E-state index is 13.6. The van der Waals surface area contributed by atoms with Gasteiger partial charge in [0.15, 0.2) is 0 Å². The molecule has 0 radical (unpaired) electrons. The summed E-state index contributed by atoms with van der Waals surface area (Å²) >= 11 is 0. The summed E-state index contributed by atoms with van der Waals surface area (Å²) in [6, 6.07) is -5.34. The average molecular weight is 416 g/mol. The minimum absolute atomic E-state index is 0. The molecule has 0 saturated carbocycles. The van der Waals surface area contributed by atoms with Gasteiger partial charge >= 0.3 is 24.5 Å². The summed E-state index contributed by atoms with van der Waals surface area (Å²) in [6.45, 7) is 0. The van der Waals surface area contributed by atoms with Crippen LogP contribution in [0, 0.1) is 5.82 Å². The first-order valence-corrected chi connectivity index (χ1v) is 5.58. The third-order valence-electron chi connectivity index (χ3n) is 2.84. The van der Waals surface area contributed by atoms with Gasteiger partial charge in [-0.15, -0.1) is 12.4 Å². The lowest BCUT2D eigenvalue weighted by molar-refractivity contribution is -0.291. The maximum Gasteiger partial charge on any atom is 0.455 e. The Kier molecular flexibility index (Phi) is 6.37. The summed E-state index contributed by atoms with van der Waals surface area (Å²) in [6.07, 6.45) is -17.8. The number of hydrogen-bond donors (Lipinski definition) is 1. The highest BCUT2D eigenvalue weighted by Gasteiger charge is 2.63. The van der Waals surface area contributed by atoms with Crippen molar-refractivity contribution < 1.29 is 52.7 Å². The quantitative estimate of drug-likeness (QED) is 0.636. The molecule has 2 N–H and O–H groups in total. The molecule has 0 aromatic heterocycles. The second-order valence-corrected chi connectivity index (χ2v) is 4.51. The summed E-state index contributed by atoms with van der Waals surface area (Å²) in [4.78, 5) is 0. The van der Waals surface area contributed by atoms with E-state index in [-0.39, 0.29) is 12.4 Å². The Balaban J connectivity index is 0.00000576. The number of hydrogen-bond acceptors (Lipinski definition) is 1. The normalized spacial score (nSPS) is 14.9. The van der Waals surface area contributed by atoms with Crippen LogP contribution in [0.1, 0.15) is 22.7 Å². The first kappa shape index (κ1) is 23.6. The lowest BCUT2D eigenvalue weighted by Gasteiger charge is -2.28. The van der Waals surface area contributed by atoms with Gasteiger partial charge in [0.2, 0.25) is 0 Å². The molecule has 1 rings (SSSR count). The average Bonchev–Trinajstić information content (AvgIpc) is 2.33. The van der Waals surface area contributed by atoms with E-state index in [0.717, 1.165) is 0 Å². The second kappa shape index (κ2) is 6.74. The van der Waals surface area contributed by atoms with Crippen LogP contribution in [-0.4, -0.2) is 12.1 Å².